The van der Waals surface area contributed by atoms with Crippen molar-refractivity contribution in [1.82, 2.24) is 9.78 Å². The summed E-state index contributed by atoms with van der Waals surface area (Å²) in [5.74, 6) is 0. The molecule has 0 atom stereocenters. The molecule has 1 aromatic rings. The second-order valence-electron chi connectivity index (χ2n) is 5.52. The van der Waals surface area contributed by atoms with E-state index in [1.54, 1.807) is 6.07 Å². The molecule has 0 saturated carbocycles. The Morgan fingerprint density at radius 2 is 2.11 bits per heavy atom. The number of hydrogen-bond donors (Lipinski definition) is 0. The minimum Gasteiger partial charge on any atom is -0.267 e. The standard InChI is InChI=1S/C14H21N3O/c1-5-6-9-17-13(18)11(7-8-15)10-12(16-17)14(2,3)4/h10H,5-7,9H2,1-4H3. The summed E-state index contributed by atoms with van der Waals surface area (Å²) < 4.78 is 1.51. The lowest BCUT2D eigenvalue weighted by molar-refractivity contribution is 0.483. The molecule has 1 rings (SSSR count). The van der Waals surface area contributed by atoms with Gasteiger partial charge in [-0.1, -0.05) is 34.1 Å². The van der Waals surface area contributed by atoms with E-state index in [4.69, 9.17) is 5.26 Å². The van der Waals surface area contributed by atoms with Crippen molar-refractivity contribution in [1.29, 1.82) is 5.26 Å². The molecule has 0 aromatic carbocycles. The summed E-state index contributed by atoms with van der Waals surface area (Å²) in [6.07, 6.45) is 2.09. The van der Waals surface area contributed by atoms with Crippen molar-refractivity contribution in [2.45, 2.75) is 58.9 Å². The maximum absolute atomic E-state index is 12.1. The van der Waals surface area contributed by atoms with E-state index in [0.717, 1.165) is 18.5 Å². The maximum Gasteiger partial charge on any atom is 0.271 e. The average molecular weight is 247 g/mol. The van der Waals surface area contributed by atoms with Crippen LogP contribution in [0.4, 0.5) is 0 Å². The molecule has 0 unspecified atom stereocenters. The molecule has 1 heterocycles. The van der Waals surface area contributed by atoms with E-state index >= 15 is 0 Å². The number of aromatic nitrogens is 2. The highest BCUT2D eigenvalue weighted by Gasteiger charge is 2.19. The molecule has 0 aliphatic heterocycles. The summed E-state index contributed by atoms with van der Waals surface area (Å²) >= 11 is 0. The Morgan fingerprint density at radius 1 is 1.44 bits per heavy atom. The second kappa shape index (κ2) is 5.81. The minimum atomic E-state index is -0.127. The summed E-state index contributed by atoms with van der Waals surface area (Å²) in [5, 5.41) is 13.2. The number of rotatable bonds is 4. The molecule has 0 spiro atoms. The van der Waals surface area contributed by atoms with Crippen LogP contribution in [0.15, 0.2) is 10.9 Å². The van der Waals surface area contributed by atoms with Crippen molar-refractivity contribution in [2.24, 2.45) is 0 Å². The Labute approximate surface area is 108 Å². The summed E-state index contributed by atoms with van der Waals surface area (Å²) in [5.41, 5.74) is 1.17. The van der Waals surface area contributed by atoms with Crippen molar-refractivity contribution in [3.8, 4) is 6.07 Å². The van der Waals surface area contributed by atoms with E-state index in [1.807, 2.05) is 6.07 Å². The van der Waals surface area contributed by atoms with Gasteiger partial charge in [-0.05, 0) is 12.5 Å². The molecule has 0 amide bonds. The van der Waals surface area contributed by atoms with Gasteiger partial charge in [0.1, 0.15) is 0 Å². The van der Waals surface area contributed by atoms with Crippen LogP contribution in [-0.2, 0) is 18.4 Å². The first-order valence-corrected chi connectivity index (χ1v) is 6.38. The number of hydrogen-bond acceptors (Lipinski definition) is 3. The van der Waals surface area contributed by atoms with Crippen LogP contribution in [0.3, 0.4) is 0 Å². The zero-order chi connectivity index (χ0) is 13.8. The quantitative estimate of drug-likeness (QED) is 0.821. The van der Waals surface area contributed by atoms with Gasteiger partial charge in [-0.2, -0.15) is 10.4 Å². The number of aryl methyl sites for hydroxylation is 1. The van der Waals surface area contributed by atoms with Crippen molar-refractivity contribution in [3.05, 3.63) is 27.7 Å². The van der Waals surface area contributed by atoms with Crippen LogP contribution >= 0.6 is 0 Å². The van der Waals surface area contributed by atoms with Gasteiger partial charge in [0.05, 0.1) is 18.2 Å². The Hall–Kier alpha value is -1.63. The lowest BCUT2D eigenvalue weighted by Gasteiger charge is -2.19. The molecule has 0 fully saturated rings. The first-order valence-electron chi connectivity index (χ1n) is 6.38. The normalized spacial score (nSPS) is 11.3. The first-order chi connectivity index (χ1) is 8.40. The minimum absolute atomic E-state index is 0.119. The average Bonchev–Trinajstić information content (AvgIpc) is 2.29. The van der Waals surface area contributed by atoms with Crippen LogP contribution < -0.4 is 5.56 Å². The molecular formula is C14H21N3O. The van der Waals surface area contributed by atoms with Gasteiger partial charge in [0, 0.05) is 17.5 Å². The van der Waals surface area contributed by atoms with Gasteiger partial charge in [0.25, 0.3) is 5.56 Å². The third-order valence-electron chi connectivity index (χ3n) is 2.81. The smallest absolute Gasteiger partial charge is 0.267 e. The Balaban J connectivity index is 3.29. The summed E-state index contributed by atoms with van der Waals surface area (Å²) in [6.45, 7) is 8.87. The van der Waals surface area contributed by atoms with E-state index in [9.17, 15) is 4.79 Å². The molecule has 0 saturated heterocycles. The molecule has 0 radical (unpaired) electrons. The molecule has 0 N–H and O–H groups in total. The third-order valence-corrected chi connectivity index (χ3v) is 2.81. The van der Waals surface area contributed by atoms with Crippen molar-refractivity contribution in [3.63, 3.8) is 0 Å². The highest BCUT2D eigenvalue weighted by molar-refractivity contribution is 5.21. The van der Waals surface area contributed by atoms with Gasteiger partial charge in [0.15, 0.2) is 0 Å². The van der Waals surface area contributed by atoms with E-state index in [2.05, 4.69) is 32.8 Å². The highest BCUT2D eigenvalue weighted by Crippen LogP contribution is 2.19. The molecule has 0 aliphatic carbocycles. The monoisotopic (exact) mass is 247 g/mol. The fourth-order valence-corrected chi connectivity index (χ4v) is 1.63. The zero-order valence-corrected chi connectivity index (χ0v) is 11.7. The molecule has 4 nitrogen and oxygen atoms in total. The molecule has 1 aromatic heterocycles. The molecule has 98 valence electrons. The Morgan fingerprint density at radius 3 is 2.61 bits per heavy atom. The van der Waals surface area contributed by atoms with Crippen LogP contribution in [0.25, 0.3) is 0 Å². The predicted octanol–water partition coefficient (Wildman–Crippen LogP) is 2.41. The molecule has 0 aliphatic rings. The van der Waals surface area contributed by atoms with Gasteiger partial charge in [-0.15, -0.1) is 0 Å². The van der Waals surface area contributed by atoms with Crippen molar-refractivity contribution < 1.29 is 0 Å². The highest BCUT2D eigenvalue weighted by atomic mass is 16.1. The lowest BCUT2D eigenvalue weighted by atomic mass is 9.91. The summed E-state index contributed by atoms with van der Waals surface area (Å²) in [4.78, 5) is 12.1. The van der Waals surface area contributed by atoms with Crippen molar-refractivity contribution >= 4 is 0 Å². The Bertz CT molecular complexity index is 503. The largest absolute Gasteiger partial charge is 0.271 e. The van der Waals surface area contributed by atoms with Crippen LogP contribution in [0.1, 0.15) is 51.8 Å². The number of nitrogens with zero attached hydrogens (tertiary/aromatic N) is 3. The maximum atomic E-state index is 12.1. The molecule has 0 bridgehead atoms. The summed E-state index contributed by atoms with van der Waals surface area (Å²) in [7, 11) is 0. The topological polar surface area (TPSA) is 58.7 Å². The van der Waals surface area contributed by atoms with Crippen molar-refractivity contribution in [2.75, 3.05) is 0 Å². The number of nitriles is 1. The fraction of sp³-hybridized carbons (Fsp3) is 0.643. The second-order valence-corrected chi connectivity index (χ2v) is 5.52. The van der Waals surface area contributed by atoms with Gasteiger partial charge in [-0.3, -0.25) is 4.79 Å². The van der Waals surface area contributed by atoms with E-state index < -0.39 is 0 Å². The predicted molar refractivity (Wildman–Crippen MR) is 71.4 cm³/mol. The van der Waals surface area contributed by atoms with Crippen LogP contribution in [-0.4, -0.2) is 9.78 Å². The van der Waals surface area contributed by atoms with E-state index in [0.29, 0.717) is 12.1 Å². The molecule has 4 heteroatoms. The van der Waals surface area contributed by atoms with Gasteiger partial charge < -0.3 is 0 Å². The van der Waals surface area contributed by atoms with E-state index in [1.165, 1.54) is 4.68 Å². The zero-order valence-electron chi connectivity index (χ0n) is 11.7. The number of unbranched alkanes of at least 4 members (excludes halogenated alkanes) is 1. The van der Waals surface area contributed by atoms with Gasteiger partial charge in [0.2, 0.25) is 0 Å². The lowest BCUT2D eigenvalue weighted by Crippen LogP contribution is -2.30. The first kappa shape index (κ1) is 14.4. The Kier molecular flexibility index (Phi) is 4.66. The summed E-state index contributed by atoms with van der Waals surface area (Å²) in [6, 6.07) is 3.82. The third kappa shape index (κ3) is 3.43. The molecule has 18 heavy (non-hydrogen) atoms. The van der Waals surface area contributed by atoms with Crippen LogP contribution in [0.2, 0.25) is 0 Å². The van der Waals surface area contributed by atoms with Gasteiger partial charge >= 0.3 is 0 Å². The van der Waals surface area contributed by atoms with Crippen LogP contribution in [0.5, 0.6) is 0 Å². The SMILES string of the molecule is CCCCn1nc(C(C)(C)C)cc(CC#N)c1=O. The molecular weight excluding hydrogens is 226 g/mol. The van der Waals surface area contributed by atoms with Gasteiger partial charge in [-0.25, -0.2) is 4.68 Å². The fourth-order valence-electron chi connectivity index (χ4n) is 1.63. The van der Waals surface area contributed by atoms with E-state index in [-0.39, 0.29) is 17.4 Å². The van der Waals surface area contributed by atoms with Crippen LogP contribution in [0, 0.1) is 11.3 Å².